The molecule has 1 atom stereocenters. The van der Waals surface area contributed by atoms with E-state index in [-0.39, 0.29) is 42.0 Å². The van der Waals surface area contributed by atoms with Gasteiger partial charge in [0.05, 0.1) is 17.8 Å². The van der Waals surface area contributed by atoms with Crippen LogP contribution in [0.4, 0.5) is 8.78 Å². The summed E-state index contributed by atoms with van der Waals surface area (Å²) in [4.78, 5) is 16.3. The number of carbonyl (C=O) groups excluding carboxylic acids is 1. The second-order valence-corrected chi connectivity index (χ2v) is 7.21. The number of rotatable bonds is 7. The molecular formula is C21H19BrF2N2O2. The quantitative estimate of drug-likeness (QED) is 0.512. The van der Waals surface area contributed by atoms with Gasteiger partial charge in [-0.25, -0.2) is 13.8 Å². The number of nitrogens with zero attached hydrogens (tertiary/aromatic N) is 1. The van der Waals surface area contributed by atoms with Crippen molar-refractivity contribution < 1.29 is 18.0 Å². The maximum atomic E-state index is 13.8. The largest absolute Gasteiger partial charge is 0.441 e. The zero-order valence-electron chi connectivity index (χ0n) is 15.2. The number of benzene rings is 2. The van der Waals surface area contributed by atoms with Crippen molar-refractivity contribution in [1.82, 2.24) is 10.3 Å². The van der Waals surface area contributed by atoms with Crippen molar-refractivity contribution in [3.63, 3.8) is 0 Å². The molecule has 3 aromatic rings. The van der Waals surface area contributed by atoms with Crippen molar-refractivity contribution in [1.29, 1.82) is 0 Å². The van der Waals surface area contributed by atoms with Crippen LogP contribution in [-0.2, 0) is 11.2 Å². The Morgan fingerprint density at radius 2 is 1.86 bits per heavy atom. The molecule has 0 radical (unpaired) electrons. The van der Waals surface area contributed by atoms with Gasteiger partial charge in [0, 0.05) is 17.3 Å². The van der Waals surface area contributed by atoms with E-state index in [9.17, 15) is 13.6 Å². The highest BCUT2D eigenvalue weighted by Gasteiger charge is 2.17. The molecule has 0 fully saturated rings. The fraction of sp³-hybridized carbons (Fsp3) is 0.238. The first kappa shape index (κ1) is 20.2. The molecule has 0 saturated heterocycles. The van der Waals surface area contributed by atoms with E-state index in [4.69, 9.17) is 4.42 Å². The summed E-state index contributed by atoms with van der Waals surface area (Å²) in [5, 5.41) is 2.99. The van der Waals surface area contributed by atoms with Crippen LogP contribution in [0.25, 0.3) is 11.3 Å². The highest BCUT2D eigenvalue weighted by Crippen LogP contribution is 2.27. The first-order valence-electron chi connectivity index (χ1n) is 8.91. The zero-order valence-corrected chi connectivity index (χ0v) is 16.8. The van der Waals surface area contributed by atoms with Crippen LogP contribution in [0.2, 0.25) is 0 Å². The fourth-order valence-electron chi connectivity index (χ4n) is 2.88. The predicted octanol–water partition coefficient (Wildman–Crippen LogP) is 5.58. The minimum Gasteiger partial charge on any atom is -0.441 e. The molecule has 1 unspecified atom stereocenters. The van der Waals surface area contributed by atoms with Crippen molar-refractivity contribution in [3.8, 4) is 11.3 Å². The molecule has 28 heavy (non-hydrogen) atoms. The van der Waals surface area contributed by atoms with Crippen molar-refractivity contribution in [2.75, 3.05) is 0 Å². The van der Waals surface area contributed by atoms with Crippen LogP contribution in [0.3, 0.4) is 0 Å². The highest BCUT2D eigenvalue weighted by atomic mass is 79.9. The Balaban J connectivity index is 1.60. The molecule has 0 aliphatic heterocycles. The second-order valence-electron chi connectivity index (χ2n) is 6.29. The summed E-state index contributed by atoms with van der Waals surface area (Å²) in [6.45, 7) is 2.00. The lowest BCUT2D eigenvalue weighted by Gasteiger charge is -2.17. The van der Waals surface area contributed by atoms with Gasteiger partial charge in [-0.2, -0.15) is 0 Å². The Kier molecular flexibility index (Phi) is 6.57. The lowest BCUT2D eigenvalue weighted by molar-refractivity contribution is -0.121. The Bertz CT molecular complexity index is 937. The van der Waals surface area contributed by atoms with Gasteiger partial charge in [0.25, 0.3) is 0 Å². The molecule has 4 nitrogen and oxygen atoms in total. The molecule has 3 rings (SSSR count). The van der Waals surface area contributed by atoms with E-state index in [1.165, 1.54) is 12.3 Å². The number of hydrogen-bond acceptors (Lipinski definition) is 3. The van der Waals surface area contributed by atoms with Crippen LogP contribution in [0.15, 0.2) is 57.6 Å². The molecule has 0 bridgehead atoms. The normalized spacial score (nSPS) is 12.0. The number of halogens is 3. The fourth-order valence-corrected chi connectivity index (χ4v) is 3.14. The number of hydrogen-bond donors (Lipinski definition) is 1. The van der Waals surface area contributed by atoms with E-state index in [0.29, 0.717) is 0 Å². The Morgan fingerprint density at radius 1 is 1.18 bits per heavy atom. The van der Waals surface area contributed by atoms with E-state index in [1.54, 1.807) is 0 Å². The monoisotopic (exact) mass is 448 g/mol. The first-order valence-corrected chi connectivity index (χ1v) is 9.71. The van der Waals surface area contributed by atoms with Crippen LogP contribution in [0.5, 0.6) is 0 Å². The summed E-state index contributed by atoms with van der Waals surface area (Å²) in [5.41, 5.74) is 0.763. The van der Waals surface area contributed by atoms with Gasteiger partial charge in [-0.1, -0.05) is 41.1 Å². The molecule has 1 N–H and O–H groups in total. The smallest absolute Gasteiger partial charge is 0.220 e. The lowest BCUT2D eigenvalue weighted by Crippen LogP contribution is -2.28. The van der Waals surface area contributed by atoms with E-state index >= 15 is 0 Å². The van der Waals surface area contributed by atoms with Gasteiger partial charge < -0.3 is 9.73 Å². The maximum absolute atomic E-state index is 13.8. The van der Waals surface area contributed by atoms with Gasteiger partial charge in [0.2, 0.25) is 5.91 Å². The number of aromatic nitrogens is 1. The number of oxazole rings is 1. The van der Waals surface area contributed by atoms with E-state index in [0.717, 1.165) is 28.6 Å². The van der Waals surface area contributed by atoms with Crippen LogP contribution in [0.1, 0.15) is 37.3 Å². The molecule has 1 heterocycles. The minimum absolute atomic E-state index is 0.00676. The third-order valence-corrected chi connectivity index (χ3v) is 4.87. The SMILES string of the molecule is CCC(NC(=O)CCc1ncc(-c2c(F)cccc2F)o1)c1ccc(Br)cc1. The van der Waals surface area contributed by atoms with Crippen molar-refractivity contribution in [3.05, 3.63) is 76.2 Å². The van der Waals surface area contributed by atoms with E-state index in [2.05, 4.69) is 26.2 Å². The van der Waals surface area contributed by atoms with Gasteiger partial charge in [0.15, 0.2) is 11.7 Å². The van der Waals surface area contributed by atoms with Gasteiger partial charge >= 0.3 is 0 Å². The molecule has 0 spiro atoms. The van der Waals surface area contributed by atoms with Gasteiger partial charge in [0.1, 0.15) is 11.6 Å². The highest BCUT2D eigenvalue weighted by molar-refractivity contribution is 9.10. The topological polar surface area (TPSA) is 55.1 Å². The van der Waals surface area contributed by atoms with Gasteiger partial charge in [-0.05, 0) is 36.2 Å². The van der Waals surface area contributed by atoms with Crippen LogP contribution >= 0.6 is 15.9 Å². The van der Waals surface area contributed by atoms with Gasteiger partial charge in [-0.15, -0.1) is 0 Å². The summed E-state index contributed by atoms with van der Waals surface area (Å²) in [6, 6.07) is 11.3. The van der Waals surface area contributed by atoms with Crippen molar-refractivity contribution >= 4 is 21.8 Å². The van der Waals surface area contributed by atoms with Crippen molar-refractivity contribution in [2.45, 2.75) is 32.2 Å². The third kappa shape index (κ3) is 4.84. The first-order chi connectivity index (χ1) is 13.5. The van der Waals surface area contributed by atoms with Gasteiger partial charge in [-0.3, -0.25) is 4.79 Å². The number of aryl methyl sites for hydroxylation is 1. The average Bonchev–Trinajstić information content (AvgIpc) is 3.14. The zero-order chi connectivity index (χ0) is 20.1. The van der Waals surface area contributed by atoms with E-state index < -0.39 is 11.6 Å². The van der Waals surface area contributed by atoms with Crippen LogP contribution in [-0.4, -0.2) is 10.9 Å². The Morgan fingerprint density at radius 3 is 2.50 bits per heavy atom. The maximum Gasteiger partial charge on any atom is 0.220 e. The third-order valence-electron chi connectivity index (χ3n) is 4.34. The van der Waals surface area contributed by atoms with E-state index in [1.807, 2.05) is 31.2 Å². The molecule has 0 aliphatic carbocycles. The standard InChI is InChI=1S/C21H19BrF2N2O2/c1-2-17(13-6-8-14(22)9-7-13)26-19(27)10-11-20-25-12-18(28-20)21-15(23)4-3-5-16(21)24/h3-9,12,17H,2,10-11H2,1H3,(H,26,27). The summed E-state index contributed by atoms with van der Waals surface area (Å²) in [6.07, 6.45) is 2.42. The summed E-state index contributed by atoms with van der Waals surface area (Å²) < 4.78 is 34.1. The molecule has 0 saturated carbocycles. The minimum atomic E-state index is -0.722. The Hall–Kier alpha value is -2.54. The predicted molar refractivity (Wildman–Crippen MR) is 105 cm³/mol. The lowest BCUT2D eigenvalue weighted by atomic mass is 10.0. The van der Waals surface area contributed by atoms with Crippen LogP contribution in [0, 0.1) is 11.6 Å². The summed E-state index contributed by atoms with van der Waals surface area (Å²) >= 11 is 3.39. The molecule has 146 valence electrons. The van der Waals surface area contributed by atoms with Crippen molar-refractivity contribution in [2.24, 2.45) is 0 Å². The molecule has 2 aromatic carbocycles. The van der Waals surface area contributed by atoms with Crippen LogP contribution < -0.4 is 5.32 Å². The average molecular weight is 449 g/mol. The summed E-state index contributed by atoms with van der Waals surface area (Å²) in [5.74, 6) is -1.33. The summed E-state index contributed by atoms with van der Waals surface area (Å²) in [7, 11) is 0. The molecular weight excluding hydrogens is 430 g/mol. The molecule has 7 heteroatoms. The molecule has 1 aromatic heterocycles. The number of nitrogens with one attached hydrogen (secondary N) is 1. The molecule has 0 aliphatic rings. The number of amides is 1. The number of carbonyl (C=O) groups is 1. The molecule has 1 amide bonds. The second kappa shape index (κ2) is 9.10. The Labute approximate surface area is 170 Å².